The zero-order chi connectivity index (χ0) is 13.5. The van der Waals surface area contributed by atoms with Gasteiger partial charge in [0, 0.05) is 37.5 Å². The van der Waals surface area contributed by atoms with E-state index in [2.05, 4.69) is 53.7 Å². The van der Waals surface area contributed by atoms with Crippen LogP contribution in [0.1, 0.15) is 31.4 Å². The van der Waals surface area contributed by atoms with E-state index in [1.165, 1.54) is 37.2 Å². The molecule has 0 radical (unpaired) electrons. The van der Waals surface area contributed by atoms with E-state index >= 15 is 0 Å². The highest BCUT2D eigenvalue weighted by Crippen LogP contribution is 2.24. The second-order valence-corrected chi connectivity index (χ2v) is 6.29. The van der Waals surface area contributed by atoms with Gasteiger partial charge in [-0.15, -0.1) is 0 Å². The maximum absolute atomic E-state index is 3.73. The number of piperazine rings is 1. The Bertz CT molecular complexity index is 355. The predicted octanol–water partition coefficient (Wildman–Crippen LogP) is 3.16. The molecular formula is C16H26N2S. The Morgan fingerprint density at radius 1 is 1.32 bits per heavy atom. The summed E-state index contributed by atoms with van der Waals surface area (Å²) in [6.07, 6.45) is 4.75. The molecule has 2 rings (SSSR count). The van der Waals surface area contributed by atoms with E-state index in [0.29, 0.717) is 12.1 Å². The molecule has 1 aliphatic heterocycles. The molecule has 1 aromatic carbocycles. The molecule has 19 heavy (non-hydrogen) atoms. The van der Waals surface area contributed by atoms with Crippen molar-refractivity contribution in [2.24, 2.45) is 0 Å². The molecule has 2 atom stereocenters. The summed E-state index contributed by atoms with van der Waals surface area (Å²) in [5.41, 5.74) is 1.45. The van der Waals surface area contributed by atoms with Crippen molar-refractivity contribution in [1.82, 2.24) is 10.2 Å². The molecule has 3 heteroatoms. The number of rotatable bonds is 6. The monoisotopic (exact) mass is 278 g/mol. The lowest BCUT2D eigenvalue weighted by Gasteiger charge is -2.40. The van der Waals surface area contributed by atoms with Crippen molar-refractivity contribution in [1.29, 1.82) is 0 Å². The Kier molecular flexibility index (Phi) is 6.21. The van der Waals surface area contributed by atoms with Gasteiger partial charge in [0.05, 0.1) is 0 Å². The van der Waals surface area contributed by atoms with Gasteiger partial charge in [0.25, 0.3) is 0 Å². The van der Waals surface area contributed by atoms with Gasteiger partial charge in [-0.2, -0.15) is 11.8 Å². The molecule has 0 saturated carbocycles. The fraction of sp³-hybridized carbons (Fsp3) is 0.625. The molecule has 1 heterocycles. The van der Waals surface area contributed by atoms with Crippen molar-refractivity contribution >= 4 is 11.8 Å². The molecule has 0 amide bonds. The number of nitrogens with zero attached hydrogens (tertiary/aromatic N) is 1. The summed E-state index contributed by atoms with van der Waals surface area (Å²) < 4.78 is 0. The van der Waals surface area contributed by atoms with Gasteiger partial charge < -0.3 is 5.32 Å². The van der Waals surface area contributed by atoms with Crippen LogP contribution < -0.4 is 5.32 Å². The third kappa shape index (κ3) is 4.23. The molecule has 0 aliphatic carbocycles. The summed E-state index contributed by atoms with van der Waals surface area (Å²) in [7, 11) is 0. The van der Waals surface area contributed by atoms with E-state index < -0.39 is 0 Å². The molecule has 1 fully saturated rings. The van der Waals surface area contributed by atoms with E-state index in [1.807, 2.05) is 11.8 Å². The Morgan fingerprint density at radius 3 is 2.79 bits per heavy atom. The Balaban J connectivity index is 2.04. The van der Waals surface area contributed by atoms with E-state index in [0.717, 1.165) is 6.54 Å². The van der Waals surface area contributed by atoms with Gasteiger partial charge in [-0.05, 0) is 18.2 Å². The fourth-order valence-electron chi connectivity index (χ4n) is 2.88. The first-order valence-electron chi connectivity index (χ1n) is 7.36. The minimum absolute atomic E-state index is 0.543. The van der Waals surface area contributed by atoms with Crippen molar-refractivity contribution in [2.75, 3.05) is 31.6 Å². The number of nitrogens with one attached hydrogen (secondary N) is 1. The van der Waals surface area contributed by atoms with Crippen LogP contribution in [0.15, 0.2) is 30.3 Å². The van der Waals surface area contributed by atoms with E-state index in [9.17, 15) is 0 Å². The Hall–Kier alpha value is -0.510. The van der Waals surface area contributed by atoms with Gasteiger partial charge in [-0.1, -0.05) is 43.7 Å². The predicted molar refractivity (Wildman–Crippen MR) is 85.8 cm³/mol. The molecule has 0 bridgehead atoms. The van der Waals surface area contributed by atoms with Gasteiger partial charge in [0.2, 0.25) is 0 Å². The van der Waals surface area contributed by atoms with Crippen LogP contribution in [0.25, 0.3) is 0 Å². The molecule has 1 aromatic rings. The summed E-state index contributed by atoms with van der Waals surface area (Å²) in [5, 5.41) is 3.73. The molecular weight excluding hydrogens is 252 g/mol. The van der Waals surface area contributed by atoms with E-state index in [-0.39, 0.29) is 0 Å². The van der Waals surface area contributed by atoms with Crippen LogP contribution in [0.3, 0.4) is 0 Å². The topological polar surface area (TPSA) is 15.3 Å². The van der Waals surface area contributed by atoms with Crippen LogP contribution in [-0.2, 0) is 0 Å². The van der Waals surface area contributed by atoms with Gasteiger partial charge in [0.1, 0.15) is 0 Å². The lowest BCUT2D eigenvalue weighted by atomic mass is 9.99. The van der Waals surface area contributed by atoms with Crippen molar-refractivity contribution in [2.45, 2.75) is 31.8 Å². The summed E-state index contributed by atoms with van der Waals surface area (Å²) in [6.45, 7) is 5.75. The van der Waals surface area contributed by atoms with Gasteiger partial charge >= 0.3 is 0 Å². The number of hydrogen-bond donors (Lipinski definition) is 1. The molecule has 0 aromatic heterocycles. The summed E-state index contributed by atoms with van der Waals surface area (Å²) >= 11 is 1.95. The van der Waals surface area contributed by atoms with Gasteiger partial charge in [0.15, 0.2) is 0 Å². The zero-order valence-electron chi connectivity index (χ0n) is 12.1. The second-order valence-electron chi connectivity index (χ2n) is 5.31. The molecule has 0 spiro atoms. The van der Waals surface area contributed by atoms with E-state index in [4.69, 9.17) is 0 Å². The zero-order valence-corrected chi connectivity index (χ0v) is 13.0. The maximum atomic E-state index is 3.73. The summed E-state index contributed by atoms with van der Waals surface area (Å²) in [4.78, 5) is 2.67. The fourth-order valence-corrected chi connectivity index (χ4v) is 3.30. The summed E-state index contributed by atoms with van der Waals surface area (Å²) in [6, 6.07) is 12.1. The highest BCUT2D eigenvalue weighted by molar-refractivity contribution is 7.98. The van der Waals surface area contributed by atoms with Crippen molar-refractivity contribution in [3.63, 3.8) is 0 Å². The standard InChI is InChI=1S/C16H26N2S/c1-3-7-15-13-18(10-11-19-2)16(12-17-15)14-8-5-4-6-9-14/h4-6,8-9,15-17H,3,7,10-13H2,1-2H3. The van der Waals surface area contributed by atoms with Crippen LogP contribution in [0, 0.1) is 0 Å². The minimum atomic E-state index is 0.543. The molecule has 1 saturated heterocycles. The average molecular weight is 278 g/mol. The average Bonchev–Trinajstić information content (AvgIpc) is 2.46. The van der Waals surface area contributed by atoms with Crippen LogP contribution >= 0.6 is 11.8 Å². The van der Waals surface area contributed by atoms with Gasteiger partial charge in [-0.3, -0.25) is 4.90 Å². The number of benzene rings is 1. The van der Waals surface area contributed by atoms with Crippen LogP contribution in [0.5, 0.6) is 0 Å². The largest absolute Gasteiger partial charge is 0.311 e. The van der Waals surface area contributed by atoms with Crippen LogP contribution in [0.4, 0.5) is 0 Å². The van der Waals surface area contributed by atoms with Gasteiger partial charge in [-0.25, -0.2) is 0 Å². The SMILES string of the molecule is CCCC1CN(CCSC)C(c2ccccc2)CN1. The van der Waals surface area contributed by atoms with Crippen LogP contribution in [-0.4, -0.2) is 42.6 Å². The first kappa shape index (κ1) is 14.9. The lowest BCUT2D eigenvalue weighted by Crippen LogP contribution is -2.52. The Labute approximate surface area is 122 Å². The smallest absolute Gasteiger partial charge is 0.0473 e. The molecule has 2 unspecified atom stereocenters. The third-order valence-electron chi connectivity index (χ3n) is 3.90. The van der Waals surface area contributed by atoms with E-state index in [1.54, 1.807) is 0 Å². The first-order chi connectivity index (χ1) is 9.35. The normalized spacial score (nSPS) is 24.5. The maximum Gasteiger partial charge on any atom is 0.0473 e. The second kappa shape index (κ2) is 7.93. The van der Waals surface area contributed by atoms with Crippen molar-refractivity contribution in [3.8, 4) is 0 Å². The molecule has 2 nitrogen and oxygen atoms in total. The minimum Gasteiger partial charge on any atom is -0.311 e. The highest BCUT2D eigenvalue weighted by atomic mass is 32.2. The lowest BCUT2D eigenvalue weighted by molar-refractivity contribution is 0.135. The van der Waals surface area contributed by atoms with Crippen LogP contribution in [0.2, 0.25) is 0 Å². The van der Waals surface area contributed by atoms with Crippen molar-refractivity contribution in [3.05, 3.63) is 35.9 Å². The molecule has 106 valence electrons. The number of hydrogen-bond acceptors (Lipinski definition) is 3. The van der Waals surface area contributed by atoms with Crippen molar-refractivity contribution < 1.29 is 0 Å². The highest BCUT2D eigenvalue weighted by Gasteiger charge is 2.27. The molecule has 1 N–H and O–H groups in total. The quantitative estimate of drug-likeness (QED) is 0.860. The molecule has 1 aliphatic rings. The summed E-state index contributed by atoms with van der Waals surface area (Å²) in [5.74, 6) is 1.22. The number of thioether (sulfide) groups is 1. The third-order valence-corrected chi connectivity index (χ3v) is 4.49. The first-order valence-corrected chi connectivity index (χ1v) is 8.75. The Morgan fingerprint density at radius 2 is 2.11 bits per heavy atom.